The minimum atomic E-state index is 0.133. The maximum absolute atomic E-state index is 11.5. The third-order valence-corrected chi connectivity index (χ3v) is 6.43. The lowest BCUT2D eigenvalue weighted by molar-refractivity contribution is -0.118. The zero-order chi connectivity index (χ0) is 22.4. The third-order valence-electron chi connectivity index (χ3n) is 6.43. The van der Waals surface area contributed by atoms with Crippen molar-refractivity contribution < 1.29 is 9.53 Å². The van der Waals surface area contributed by atoms with Gasteiger partial charge >= 0.3 is 0 Å². The van der Waals surface area contributed by atoms with Gasteiger partial charge in [-0.1, -0.05) is 109 Å². The fraction of sp³-hybridized carbons (Fsp3) is 0.828. The van der Waals surface area contributed by atoms with Crippen LogP contribution in [-0.2, 0) is 9.53 Å². The highest BCUT2D eigenvalue weighted by Crippen LogP contribution is 2.20. The fourth-order valence-electron chi connectivity index (χ4n) is 4.51. The lowest BCUT2D eigenvalue weighted by Crippen LogP contribution is -2.21. The number of allylic oxidation sites excluding steroid dienone is 4. The molecule has 0 fully saturated rings. The van der Waals surface area contributed by atoms with E-state index >= 15 is 0 Å². The average molecular weight is 433 g/mol. The number of ether oxygens (including phenoxy) is 1. The van der Waals surface area contributed by atoms with Crippen LogP contribution in [0.4, 0.5) is 0 Å². The summed E-state index contributed by atoms with van der Waals surface area (Å²) in [5.41, 5.74) is 0. The van der Waals surface area contributed by atoms with Crippen molar-refractivity contribution in [1.82, 2.24) is 0 Å². The molecule has 0 N–H and O–H groups in total. The molecule has 0 bridgehead atoms. The van der Waals surface area contributed by atoms with Gasteiger partial charge in [0.2, 0.25) is 0 Å². The number of hydrogen-bond donors (Lipinski definition) is 0. The van der Waals surface area contributed by atoms with Crippen LogP contribution in [0.1, 0.15) is 149 Å². The van der Waals surface area contributed by atoms with Crippen LogP contribution >= 0.6 is 0 Å². The highest BCUT2D eigenvalue weighted by atomic mass is 16.5. The van der Waals surface area contributed by atoms with Crippen LogP contribution in [-0.4, -0.2) is 11.9 Å². The van der Waals surface area contributed by atoms with Crippen LogP contribution in [0.25, 0.3) is 0 Å². The van der Waals surface area contributed by atoms with Gasteiger partial charge in [-0.15, -0.1) is 0 Å². The van der Waals surface area contributed by atoms with E-state index in [1.165, 1.54) is 122 Å². The van der Waals surface area contributed by atoms with E-state index in [2.05, 4.69) is 19.1 Å². The third kappa shape index (κ3) is 18.2. The Hall–Kier alpha value is -1.05. The molecule has 180 valence electrons. The number of rotatable bonds is 21. The number of hydrogen-bond acceptors (Lipinski definition) is 2. The molecule has 1 aliphatic heterocycles. The van der Waals surface area contributed by atoms with Gasteiger partial charge in [0.25, 0.3) is 0 Å². The first-order valence-electron chi connectivity index (χ1n) is 13.7. The summed E-state index contributed by atoms with van der Waals surface area (Å²) in [6.07, 6.45) is 34.2. The Morgan fingerprint density at radius 1 is 0.742 bits per heavy atom. The Balaban J connectivity index is 1.73. The Labute approximate surface area is 194 Å². The summed E-state index contributed by atoms with van der Waals surface area (Å²) < 4.78 is 5.74. The van der Waals surface area contributed by atoms with E-state index in [9.17, 15) is 4.79 Å². The van der Waals surface area contributed by atoms with Crippen LogP contribution in [0.3, 0.4) is 0 Å². The Morgan fingerprint density at radius 3 is 1.68 bits per heavy atom. The molecule has 0 aromatic carbocycles. The zero-order valence-electron chi connectivity index (χ0n) is 21.0. The van der Waals surface area contributed by atoms with Gasteiger partial charge in [0.15, 0.2) is 5.78 Å². The summed E-state index contributed by atoms with van der Waals surface area (Å²) in [6, 6.07) is 0. The second-order valence-electron chi connectivity index (χ2n) is 9.66. The van der Waals surface area contributed by atoms with Crippen molar-refractivity contribution >= 4 is 5.78 Å². The molecule has 2 heteroatoms. The molecule has 0 radical (unpaired) electrons. The van der Waals surface area contributed by atoms with Crippen LogP contribution < -0.4 is 0 Å². The predicted molar refractivity (Wildman–Crippen MR) is 135 cm³/mol. The van der Waals surface area contributed by atoms with Gasteiger partial charge in [-0.05, 0) is 45.4 Å². The molecule has 0 aromatic heterocycles. The Bertz CT molecular complexity index is 477. The Kier molecular flexibility index (Phi) is 18.8. The van der Waals surface area contributed by atoms with Crippen molar-refractivity contribution in [3.05, 3.63) is 24.0 Å². The van der Waals surface area contributed by atoms with Crippen LogP contribution in [0, 0.1) is 0 Å². The first-order valence-corrected chi connectivity index (χ1v) is 13.7. The summed E-state index contributed by atoms with van der Waals surface area (Å²) in [6.45, 7) is 4.17. The Morgan fingerprint density at radius 2 is 1.19 bits per heavy atom. The molecular weight excluding hydrogens is 380 g/mol. The molecule has 0 aliphatic carbocycles. The predicted octanol–water partition coefficient (Wildman–Crippen LogP) is 9.63. The van der Waals surface area contributed by atoms with E-state index in [-0.39, 0.29) is 11.9 Å². The van der Waals surface area contributed by atoms with E-state index in [4.69, 9.17) is 4.74 Å². The monoisotopic (exact) mass is 432 g/mol. The van der Waals surface area contributed by atoms with Gasteiger partial charge in [0.05, 0.1) is 5.76 Å². The van der Waals surface area contributed by atoms with Crippen molar-refractivity contribution in [2.75, 3.05) is 0 Å². The molecule has 1 aliphatic rings. The van der Waals surface area contributed by atoms with Crippen molar-refractivity contribution in [2.45, 2.75) is 155 Å². The molecule has 0 saturated heterocycles. The normalized spacial score (nSPS) is 16.6. The maximum Gasteiger partial charge on any atom is 0.162 e. The smallest absolute Gasteiger partial charge is 0.162 e. The molecule has 2 nitrogen and oxygen atoms in total. The standard InChI is InChI=1S/C29H52O2/c1-3-4-5-6-7-8-9-10-11-12-13-14-15-16-17-18-19-20-21-22-23-24-29-26-28(30)25-27(2)31-29/h10-11,25,29H,3-9,12-24,26H2,1-2H3/b11-10-/t29-/m1/s1. The summed E-state index contributed by atoms with van der Waals surface area (Å²) in [7, 11) is 0. The van der Waals surface area contributed by atoms with Crippen molar-refractivity contribution in [3.8, 4) is 0 Å². The number of unbranched alkanes of at least 4 members (excludes halogenated alkanes) is 17. The summed E-state index contributed by atoms with van der Waals surface area (Å²) in [5, 5.41) is 0. The van der Waals surface area contributed by atoms with Crippen LogP contribution in [0.5, 0.6) is 0 Å². The lowest BCUT2D eigenvalue weighted by Gasteiger charge is -2.22. The van der Waals surface area contributed by atoms with Crippen molar-refractivity contribution in [3.63, 3.8) is 0 Å². The highest BCUT2D eigenvalue weighted by molar-refractivity contribution is 5.91. The highest BCUT2D eigenvalue weighted by Gasteiger charge is 2.18. The van der Waals surface area contributed by atoms with E-state index in [1.807, 2.05) is 6.92 Å². The quantitative estimate of drug-likeness (QED) is 0.133. The zero-order valence-corrected chi connectivity index (χ0v) is 21.0. The first kappa shape index (κ1) is 28.0. The average Bonchev–Trinajstić information content (AvgIpc) is 2.74. The number of carbonyl (C=O) groups excluding carboxylic acids is 1. The van der Waals surface area contributed by atoms with Crippen molar-refractivity contribution in [1.29, 1.82) is 0 Å². The minimum Gasteiger partial charge on any atom is -0.494 e. The topological polar surface area (TPSA) is 26.3 Å². The molecule has 0 saturated carbocycles. The van der Waals surface area contributed by atoms with Gasteiger partial charge in [0, 0.05) is 12.5 Å². The largest absolute Gasteiger partial charge is 0.494 e. The molecule has 31 heavy (non-hydrogen) atoms. The second-order valence-corrected chi connectivity index (χ2v) is 9.66. The molecular formula is C29H52O2. The summed E-state index contributed by atoms with van der Waals surface area (Å²) in [5.74, 6) is 1.02. The van der Waals surface area contributed by atoms with Crippen LogP contribution in [0.15, 0.2) is 24.0 Å². The van der Waals surface area contributed by atoms with Gasteiger partial charge < -0.3 is 4.74 Å². The molecule has 1 rings (SSSR count). The van der Waals surface area contributed by atoms with Gasteiger partial charge in [0.1, 0.15) is 6.10 Å². The van der Waals surface area contributed by atoms with E-state index in [1.54, 1.807) is 6.08 Å². The van der Waals surface area contributed by atoms with Gasteiger partial charge in [-0.3, -0.25) is 4.79 Å². The molecule has 0 unspecified atom stereocenters. The summed E-state index contributed by atoms with van der Waals surface area (Å²) in [4.78, 5) is 11.5. The van der Waals surface area contributed by atoms with Gasteiger partial charge in [-0.2, -0.15) is 0 Å². The van der Waals surface area contributed by atoms with Gasteiger partial charge in [-0.25, -0.2) is 0 Å². The maximum atomic E-state index is 11.5. The first-order chi connectivity index (χ1) is 15.2. The van der Waals surface area contributed by atoms with E-state index in [0.29, 0.717) is 6.42 Å². The minimum absolute atomic E-state index is 0.133. The number of carbonyl (C=O) groups is 1. The lowest BCUT2D eigenvalue weighted by atomic mass is 10.0. The number of ketones is 1. The molecule has 0 amide bonds. The summed E-state index contributed by atoms with van der Waals surface area (Å²) >= 11 is 0. The van der Waals surface area contributed by atoms with Crippen LogP contribution in [0.2, 0.25) is 0 Å². The second kappa shape index (κ2) is 20.8. The molecule has 1 atom stereocenters. The van der Waals surface area contributed by atoms with E-state index < -0.39 is 0 Å². The molecule has 1 heterocycles. The van der Waals surface area contributed by atoms with E-state index in [0.717, 1.165) is 12.2 Å². The van der Waals surface area contributed by atoms with Crippen molar-refractivity contribution in [2.24, 2.45) is 0 Å². The SMILES string of the molecule is CCCCCCCC/C=C\CCCCCCCCCCCCC[C@@H]1CC(=O)C=C(C)O1. The molecule has 0 spiro atoms. The molecule has 0 aromatic rings. The fourth-order valence-corrected chi connectivity index (χ4v) is 4.51.